The summed E-state index contributed by atoms with van der Waals surface area (Å²) in [5.74, 6) is -1.33. The Balaban J connectivity index is 1.82. The maximum Gasteiger partial charge on any atom is 0.313 e. The molecule has 0 aliphatic rings. The highest BCUT2D eigenvalue weighted by Gasteiger charge is 2.15. The summed E-state index contributed by atoms with van der Waals surface area (Å²) in [6, 6.07) is 10.1. The van der Waals surface area contributed by atoms with Gasteiger partial charge in [-0.2, -0.15) is 0 Å². The molecule has 25 heavy (non-hydrogen) atoms. The summed E-state index contributed by atoms with van der Waals surface area (Å²) < 4.78 is 0. The Morgan fingerprint density at radius 2 is 1.72 bits per heavy atom. The average Bonchev–Trinajstić information content (AvgIpc) is 2.56. The van der Waals surface area contributed by atoms with Crippen molar-refractivity contribution in [2.24, 2.45) is 0 Å². The zero-order valence-corrected chi connectivity index (χ0v) is 15.2. The van der Waals surface area contributed by atoms with Gasteiger partial charge in [-0.15, -0.1) is 0 Å². The number of nitrogens with zero attached hydrogens (tertiary/aromatic N) is 1. The van der Waals surface area contributed by atoms with Crippen molar-refractivity contribution in [3.05, 3.63) is 59.4 Å². The Bertz CT molecular complexity index is 746. The standard InChI is InChI=1S/C20H25N3O2/c1-14-9-11-21-13-17(14)23-19(25)18(24)22-12-10-15-5-7-16(8-6-15)20(2,3)4/h5-9,11,13H,10,12H2,1-4H3,(H,22,24)(H,23,25). The molecule has 0 radical (unpaired) electrons. The summed E-state index contributed by atoms with van der Waals surface area (Å²) in [6.45, 7) is 8.77. The van der Waals surface area contributed by atoms with Crippen molar-refractivity contribution in [1.82, 2.24) is 10.3 Å². The van der Waals surface area contributed by atoms with E-state index in [0.717, 1.165) is 11.1 Å². The number of nitrogens with one attached hydrogen (secondary N) is 2. The predicted octanol–water partition coefficient (Wildman–Crippen LogP) is 2.98. The first-order valence-corrected chi connectivity index (χ1v) is 8.36. The molecular formula is C20H25N3O2. The van der Waals surface area contributed by atoms with Gasteiger partial charge in [0.2, 0.25) is 0 Å². The topological polar surface area (TPSA) is 71.1 Å². The molecule has 0 saturated heterocycles. The fourth-order valence-corrected chi connectivity index (χ4v) is 2.35. The fraction of sp³-hybridized carbons (Fsp3) is 0.350. The first-order chi connectivity index (χ1) is 11.8. The number of carbonyl (C=O) groups excluding carboxylic acids is 2. The zero-order chi connectivity index (χ0) is 18.4. The highest BCUT2D eigenvalue weighted by atomic mass is 16.2. The number of hydrogen-bond acceptors (Lipinski definition) is 3. The number of rotatable bonds is 4. The second kappa shape index (κ2) is 7.92. The molecule has 0 saturated carbocycles. The van der Waals surface area contributed by atoms with E-state index in [2.05, 4.69) is 60.7 Å². The fourth-order valence-electron chi connectivity index (χ4n) is 2.35. The van der Waals surface area contributed by atoms with Gasteiger partial charge in [-0.05, 0) is 41.5 Å². The van der Waals surface area contributed by atoms with Crippen LogP contribution < -0.4 is 10.6 Å². The van der Waals surface area contributed by atoms with Crippen molar-refractivity contribution in [1.29, 1.82) is 0 Å². The molecule has 0 bridgehead atoms. The van der Waals surface area contributed by atoms with Crippen LogP contribution >= 0.6 is 0 Å². The number of carbonyl (C=O) groups is 2. The maximum atomic E-state index is 11.9. The third-order valence-corrected chi connectivity index (χ3v) is 4.01. The van der Waals surface area contributed by atoms with Crippen molar-refractivity contribution < 1.29 is 9.59 Å². The van der Waals surface area contributed by atoms with E-state index >= 15 is 0 Å². The molecule has 2 rings (SSSR count). The zero-order valence-electron chi connectivity index (χ0n) is 15.2. The van der Waals surface area contributed by atoms with Crippen molar-refractivity contribution >= 4 is 17.5 Å². The number of anilines is 1. The smallest absolute Gasteiger partial charge is 0.313 e. The first-order valence-electron chi connectivity index (χ1n) is 8.36. The Hall–Kier alpha value is -2.69. The van der Waals surface area contributed by atoms with E-state index in [0.29, 0.717) is 18.7 Å². The number of benzene rings is 1. The largest absolute Gasteiger partial charge is 0.347 e. The van der Waals surface area contributed by atoms with Crippen molar-refractivity contribution in [3.8, 4) is 0 Å². The molecule has 5 heteroatoms. The summed E-state index contributed by atoms with van der Waals surface area (Å²) >= 11 is 0. The number of pyridine rings is 1. The van der Waals surface area contributed by atoms with Gasteiger partial charge in [-0.25, -0.2) is 0 Å². The van der Waals surface area contributed by atoms with E-state index in [1.165, 1.54) is 11.8 Å². The van der Waals surface area contributed by atoms with Crippen molar-refractivity contribution in [2.45, 2.75) is 39.5 Å². The average molecular weight is 339 g/mol. The molecule has 0 unspecified atom stereocenters. The molecule has 0 atom stereocenters. The van der Waals surface area contributed by atoms with Gasteiger partial charge in [-0.1, -0.05) is 45.0 Å². The lowest BCUT2D eigenvalue weighted by atomic mass is 9.86. The van der Waals surface area contributed by atoms with Crippen molar-refractivity contribution in [3.63, 3.8) is 0 Å². The Labute approximate surface area is 148 Å². The molecule has 2 amide bonds. The number of aryl methyl sites for hydroxylation is 1. The minimum Gasteiger partial charge on any atom is -0.347 e. The van der Waals surface area contributed by atoms with Gasteiger partial charge in [0, 0.05) is 12.7 Å². The van der Waals surface area contributed by atoms with Crippen LogP contribution in [0.1, 0.15) is 37.5 Å². The Morgan fingerprint density at radius 1 is 1.04 bits per heavy atom. The molecule has 0 aliphatic carbocycles. The number of aromatic nitrogens is 1. The Morgan fingerprint density at radius 3 is 2.32 bits per heavy atom. The van der Waals surface area contributed by atoms with E-state index in [-0.39, 0.29) is 5.41 Å². The van der Waals surface area contributed by atoms with E-state index in [9.17, 15) is 9.59 Å². The van der Waals surface area contributed by atoms with Gasteiger partial charge in [0.15, 0.2) is 0 Å². The number of hydrogen-bond donors (Lipinski definition) is 2. The minimum absolute atomic E-state index is 0.120. The summed E-state index contributed by atoms with van der Waals surface area (Å²) in [6.07, 6.45) is 3.84. The molecule has 132 valence electrons. The third kappa shape index (κ3) is 5.41. The monoisotopic (exact) mass is 339 g/mol. The van der Waals surface area contributed by atoms with Gasteiger partial charge >= 0.3 is 11.8 Å². The molecule has 0 spiro atoms. The lowest BCUT2D eigenvalue weighted by Gasteiger charge is -2.19. The van der Waals surface area contributed by atoms with E-state index < -0.39 is 11.8 Å². The van der Waals surface area contributed by atoms with Gasteiger partial charge in [0.1, 0.15) is 0 Å². The van der Waals surface area contributed by atoms with Crippen LogP contribution in [-0.2, 0) is 21.4 Å². The molecule has 2 N–H and O–H groups in total. The second-order valence-electron chi connectivity index (χ2n) is 7.10. The van der Waals surface area contributed by atoms with Crippen LogP contribution in [0.25, 0.3) is 0 Å². The second-order valence-corrected chi connectivity index (χ2v) is 7.10. The molecule has 0 fully saturated rings. The third-order valence-electron chi connectivity index (χ3n) is 4.01. The van der Waals surface area contributed by atoms with E-state index in [1.54, 1.807) is 12.3 Å². The van der Waals surface area contributed by atoms with Crippen LogP contribution in [0, 0.1) is 6.92 Å². The van der Waals surface area contributed by atoms with Gasteiger partial charge in [0.25, 0.3) is 0 Å². The summed E-state index contributed by atoms with van der Waals surface area (Å²) in [5, 5.41) is 5.21. The summed E-state index contributed by atoms with van der Waals surface area (Å²) in [5.41, 5.74) is 3.91. The van der Waals surface area contributed by atoms with Crippen LogP contribution in [-0.4, -0.2) is 23.3 Å². The summed E-state index contributed by atoms with van der Waals surface area (Å²) in [4.78, 5) is 27.7. The highest BCUT2D eigenvalue weighted by molar-refractivity contribution is 6.39. The molecule has 1 aromatic carbocycles. The quantitative estimate of drug-likeness (QED) is 0.841. The van der Waals surface area contributed by atoms with Crippen molar-refractivity contribution in [2.75, 3.05) is 11.9 Å². The van der Waals surface area contributed by atoms with Crippen LogP contribution in [0.4, 0.5) is 5.69 Å². The van der Waals surface area contributed by atoms with Crippen LogP contribution in [0.5, 0.6) is 0 Å². The molecule has 1 aromatic heterocycles. The van der Waals surface area contributed by atoms with Gasteiger partial charge in [-0.3, -0.25) is 14.6 Å². The van der Waals surface area contributed by atoms with Crippen LogP contribution in [0.3, 0.4) is 0 Å². The summed E-state index contributed by atoms with van der Waals surface area (Å²) in [7, 11) is 0. The Kier molecular flexibility index (Phi) is 5.91. The molecular weight excluding hydrogens is 314 g/mol. The molecule has 5 nitrogen and oxygen atoms in total. The predicted molar refractivity (Wildman–Crippen MR) is 99.5 cm³/mol. The first kappa shape index (κ1) is 18.6. The maximum absolute atomic E-state index is 11.9. The van der Waals surface area contributed by atoms with E-state index in [4.69, 9.17) is 0 Å². The molecule has 2 aromatic rings. The normalized spacial score (nSPS) is 11.0. The van der Waals surface area contributed by atoms with Gasteiger partial charge in [0.05, 0.1) is 11.9 Å². The SMILES string of the molecule is Cc1ccncc1NC(=O)C(=O)NCCc1ccc(C(C)(C)C)cc1. The van der Waals surface area contributed by atoms with Gasteiger partial charge < -0.3 is 10.6 Å². The van der Waals surface area contributed by atoms with Crippen LogP contribution in [0.2, 0.25) is 0 Å². The lowest BCUT2D eigenvalue weighted by Crippen LogP contribution is -2.36. The molecule has 1 heterocycles. The van der Waals surface area contributed by atoms with Crippen LogP contribution in [0.15, 0.2) is 42.7 Å². The molecule has 0 aliphatic heterocycles. The van der Waals surface area contributed by atoms with E-state index in [1.807, 2.05) is 6.92 Å². The minimum atomic E-state index is -0.681. The lowest BCUT2D eigenvalue weighted by molar-refractivity contribution is -0.136. The number of amides is 2. The highest BCUT2D eigenvalue weighted by Crippen LogP contribution is 2.22.